The van der Waals surface area contributed by atoms with Crippen molar-refractivity contribution >= 4 is 15.9 Å². The number of hydrogen-bond donors (Lipinski definition) is 1. The maximum Gasteiger partial charge on any atom is 0.169 e. The molecule has 2 aromatic carbocycles. The highest BCUT2D eigenvalue weighted by Crippen LogP contribution is 2.42. The van der Waals surface area contributed by atoms with Gasteiger partial charge in [0.1, 0.15) is 6.61 Å². The first kappa shape index (κ1) is 14.5. The van der Waals surface area contributed by atoms with Gasteiger partial charge in [-0.3, -0.25) is 0 Å². The van der Waals surface area contributed by atoms with Gasteiger partial charge < -0.3 is 10.5 Å². The molecule has 110 valence electrons. The maximum absolute atomic E-state index is 14.3. The van der Waals surface area contributed by atoms with Gasteiger partial charge in [0, 0.05) is 5.54 Å². The van der Waals surface area contributed by atoms with Crippen LogP contribution >= 0.6 is 15.9 Å². The number of halogens is 2. The molecular weight excluding hydrogens is 333 g/mol. The topological polar surface area (TPSA) is 35.2 Å². The Balaban J connectivity index is 1.80. The summed E-state index contributed by atoms with van der Waals surface area (Å²) in [7, 11) is 0. The van der Waals surface area contributed by atoms with Gasteiger partial charge >= 0.3 is 0 Å². The van der Waals surface area contributed by atoms with Gasteiger partial charge in [-0.1, -0.05) is 30.3 Å². The second kappa shape index (κ2) is 5.78. The van der Waals surface area contributed by atoms with Gasteiger partial charge in [-0.05, 0) is 58.5 Å². The molecule has 4 heteroatoms. The van der Waals surface area contributed by atoms with E-state index in [4.69, 9.17) is 10.5 Å². The van der Waals surface area contributed by atoms with Gasteiger partial charge in [-0.25, -0.2) is 4.39 Å². The molecule has 1 aliphatic carbocycles. The second-order valence-corrected chi connectivity index (χ2v) is 6.41. The van der Waals surface area contributed by atoms with E-state index in [-0.39, 0.29) is 17.1 Å². The lowest BCUT2D eigenvalue weighted by Gasteiger charge is -2.38. The van der Waals surface area contributed by atoms with Crippen molar-refractivity contribution in [1.29, 1.82) is 0 Å². The average Bonchev–Trinajstić information content (AvgIpc) is 2.45. The van der Waals surface area contributed by atoms with E-state index in [1.165, 1.54) is 6.07 Å². The van der Waals surface area contributed by atoms with Gasteiger partial charge in [0.05, 0.1) is 4.47 Å². The van der Waals surface area contributed by atoms with E-state index in [9.17, 15) is 4.39 Å². The highest BCUT2D eigenvalue weighted by molar-refractivity contribution is 9.10. The minimum absolute atomic E-state index is 0.241. The molecule has 0 heterocycles. The van der Waals surface area contributed by atoms with Crippen LogP contribution in [-0.2, 0) is 12.1 Å². The Morgan fingerprint density at radius 3 is 2.48 bits per heavy atom. The fourth-order valence-electron chi connectivity index (χ4n) is 2.56. The Bertz CT molecular complexity index is 617. The van der Waals surface area contributed by atoms with Crippen LogP contribution in [-0.4, -0.2) is 0 Å². The molecule has 0 saturated heterocycles. The lowest BCUT2D eigenvalue weighted by molar-refractivity contribution is 0.250. The molecule has 3 rings (SSSR count). The van der Waals surface area contributed by atoms with E-state index in [1.807, 2.05) is 36.4 Å². The zero-order chi connectivity index (χ0) is 14.9. The van der Waals surface area contributed by atoms with Gasteiger partial charge in [0.2, 0.25) is 0 Å². The summed E-state index contributed by atoms with van der Waals surface area (Å²) in [5.41, 5.74) is 7.72. The standard InChI is InChI=1S/C17H17BrFNO/c18-14-9-13(17(20)7-4-8-17)10-15(19)16(14)21-11-12-5-2-1-3-6-12/h1-3,5-6,9-10H,4,7-8,11,20H2. The third-order valence-corrected chi connectivity index (χ3v) is 4.63. The summed E-state index contributed by atoms with van der Waals surface area (Å²) in [6, 6.07) is 13.1. The predicted molar refractivity (Wildman–Crippen MR) is 84.6 cm³/mol. The van der Waals surface area contributed by atoms with Crippen LogP contribution < -0.4 is 10.5 Å². The molecule has 0 bridgehead atoms. The summed E-state index contributed by atoms with van der Waals surface area (Å²) in [5, 5.41) is 0. The van der Waals surface area contributed by atoms with Gasteiger partial charge in [-0.2, -0.15) is 0 Å². The van der Waals surface area contributed by atoms with Crippen LogP contribution in [0.2, 0.25) is 0 Å². The predicted octanol–water partition coefficient (Wildman–Crippen LogP) is 4.51. The highest BCUT2D eigenvalue weighted by Gasteiger charge is 2.35. The lowest BCUT2D eigenvalue weighted by atomic mass is 9.73. The van der Waals surface area contributed by atoms with E-state index in [1.54, 1.807) is 0 Å². The Labute approximate surface area is 132 Å². The molecule has 2 N–H and O–H groups in total. The van der Waals surface area contributed by atoms with Crippen LogP contribution in [0.3, 0.4) is 0 Å². The molecule has 2 aromatic rings. The van der Waals surface area contributed by atoms with Crippen molar-refractivity contribution < 1.29 is 9.13 Å². The summed E-state index contributed by atoms with van der Waals surface area (Å²) < 4.78 is 20.5. The third-order valence-electron chi connectivity index (χ3n) is 4.04. The van der Waals surface area contributed by atoms with Gasteiger partial charge in [0.15, 0.2) is 11.6 Å². The van der Waals surface area contributed by atoms with E-state index in [2.05, 4.69) is 15.9 Å². The summed E-state index contributed by atoms with van der Waals surface area (Å²) in [5.74, 6) is -0.127. The Morgan fingerprint density at radius 1 is 1.19 bits per heavy atom. The number of ether oxygens (including phenoxy) is 1. The number of nitrogens with two attached hydrogens (primary N) is 1. The van der Waals surface area contributed by atoms with Crippen molar-refractivity contribution in [2.45, 2.75) is 31.4 Å². The Morgan fingerprint density at radius 2 is 1.90 bits per heavy atom. The van der Waals surface area contributed by atoms with Gasteiger partial charge in [-0.15, -0.1) is 0 Å². The smallest absolute Gasteiger partial charge is 0.169 e. The molecule has 0 atom stereocenters. The van der Waals surface area contributed by atoms with Crippen molar-refractivity contribution in [2.75, 3.05) is 0 Å². The third kappa shape index (κ3) is 2.97. The first-order chi connectivity index (χ1) is 10.1. The fraction of sp³-hybridized carbons (Fsp3) is 0.294. The highest BCUT2D eigenvalue weighted by atomic mass is 79.9. The quantitative estimate of drug-likeness (QED) is 0.881. The second-order valence-electron chi connectivity index (χ2n) is 5.55. The number of hydrogen-bond acceptors (Lipinski definition) is 2. The summed E-state index contributed by atoms with van der Waals surface area (Å²) in [6.45, 7) is 0.337. The zero-order valence-electron chi connectivity index (χ0n) is 11.6. The Hall–Kier alpha value is -1.39. The van der Waals surface area contributed by atoms with E-state index in [0.717, 1.165) is 30.4 Å². The molecule has 0 aromatic heterocycles. The van der Waals surface area contributed by atoms with Crippen LogP contribution in [0.25, 0.3) is 0 Å². The molecular formula is C17H17BrFNO. The maximum atomic E-state index is 14.3. The van der Waals surface area contributed by atoms with Crippen molar-refractivity contribution in [3.63, 3.8) is 0 Å². The van der Waals surface area contributed by atoms with E-state index >= 15 is 0 Å². The summed E-state index contributed by atoms with van der Waals surface area (Å²) >= 11 is 3.40. The van der Waals surface area contributed by atoms with Crippen molar-refractivity contribution in [3.05, 3.63) is 63.9 Å². The molecule has 0 unspecified atom stereocenters. The van der Waals surface area contributed by atoms with Gasteiger partial charge in [0.25, 0.3) is 0 Å². The van der Waals surface area contributed by atoms with Crippen molar-refractivity contribution in [2.24, 2.45) is 5.73 Å². The van der Waals surface area contributed by atoms with E-state index in [0.29, 0.717) is 11.1 Å². The normalized spacial score (nSPS) is 16.3. The largest absolute Gasteiger partial charge is 0.485 e. The van der Waals surface area contributed by atoms with Crippen molar-refractivity contribution in [3.8, 4) is 5.75 Å². The van der Waals surface area contributed by atoms with Crippen LogP contribution in [0, 0.1) is 5.82 Å². The summed E-state index contributed by atoms with van der Waals surface area (Å²) in [4.78, 5) is 0. The summed E-state index contributed by atoms with van der Waals surface area (Å²) in [6.07, 6.45) is 2.91. The molecule has 0 spiro atoms. The van der Waals surface area contributed by atoms with Crippen LogP contribution in [0.4, 0.5) is 4.39 Å². The van der Waals surface area contributed by atoms with E-state index < -0.39 is 0 Å². The van der Waals surface area contributed by atoms with Crippen LogP contribution in [0.5, 0.6) is 5.75 Å². The molecule has 2 nitrogen and oxygen atoms in total. The minimum atomic E-state index is -0.374. The molecule has 0 radical (unpaired) electrons. The molecule has 1 aliphatic rings. The molecule has 0 amide bonds. The Kier molecular flexibility index (Phi) is 4.00. The average molecular weight is 350 g/mol. The lowest BCUT2D eigenvalue weighted by Crippen LogP contribution is -2.43. The van der Waals surface area contributed by atoms with Crippen LogP contribution in [0.15, 0.2) is 46.9 Å². The monoisotopic (exact) mass is 349 g/mol. The molecule has 0 aliphatic heterocycles. The zero-order valence-corrected chi connectivity index (χ0v) is 13.2. The first-order valence-corrected chi connectivity index (χ1v) is 7.83. The van der Waals surface area contributed by atoms with Crippen LogP contribution in [0.1, 0.15) is 30.4 Å². The molecule has 21 heavy (non-hydrogen) atoms. The SMILES string of the molecule is NC1(c2cc(F)c(OCc3ccccc3)c(Br)c2)CCC1. The minimum Gasteiger partial charge on any atom is -0.485 e. The van der Waals surface area contributed by atoms with Crippen molar-refractivity contribution in [1.82, 2.24) is 0 Å². The molecule has 1 fully saturated rings. The number of benzene rings is 2. The number of rotatable bonds is 4. The fourth-order valence-corrected chi connectivity index (χ4v) is 3.11. The first-order valence-electron chi connectivity index (χ1n) is 7.04. The molecule has 1 saturated carbocycles.